The maximum absolute atomic E-state index is 6.30. The van der Waals surface area contributed by atoms with E-state index in [0.717, 1.165) is 78.3 Å². The van der Waals surface area contributed by atoms with Crippen LogP contribution in [-0.2, 0) is 6.42 Å². The highest BCUT2D eigenvalue weighted by atomic mass is 16.3. The lowest BCUT2D eigenvalue weighted by atomic mass is 9.86. The van der Waals surface area contributed by atoms with E-state index in [2.05, 4.69) is 85.8 Å². The monoisotopic (exact) mass is 631 g/mol. The third-order valence-corrected chi connectivity index (χ3v) is 9.79. The third kappa shape index (κ3) is 4.58. The molecule has 0 saturated carbocycles. The lowest BCUT2D eigenvalue weighted by molar-refractivity contribution is 0.586. The van der Waals surface area contributed by atoms with Gasteiger partial charge in [0.1, 0.15) is 22.5 Å². The van der Waals surface area contributed by atoms with Gasteiger partial charge in [-0.15, -0.1) is 0 Å². The van der Waals surface area contributed by atoms with Gasteiger partial charge in [0.2, 0.25) is 0 Å². The Morgan fingerprint density at radius 3 is 1.98 bits per heavy atom. The van der Waals surface area contributed by atoms with Crippen LogP contribution in [0.25, 0.3) is 89.2 Å². The lowest BCUT2D eigenvalue weighted by Gasteiger charge is -2.20. The molecule has 0 saturated heterocycles. The quantitative estimate of drug-likeness (QED) is 0.193. The summed E-state index contributed by atoms with van der Waals surface area (Å²) in [6.07, 6.45) is 2.99. The number of hydrogen-bond acceptors (Lipinski definition) is 5. The summed E-state index contributed by atoms with van der Waals surface area (Å²) in [5.41, 5.74) is 9.21. The minimum Gasteiger partial charge on any atom is -0.456 e. The summed E-state index contributed by atoms with van der Waals surface area (Å²) in [6.45, 7) is 2.24. The average Bonchev–Trinajstić information content (AvgIpc) is 3.72. The number of fused-ring (bicyclic) bond motifs is 7. The van der Waals surface area contributed by atoms with E-state index in [1.165, 1.54) is 10.9 Å². The molecule has 5 nitrogen and oxygen atoms in total. The van der Waals surface area contributed by atoms with Gasteiger partial charge in [0.05, 0.1) is 0 Å². The molecule has 6 aromatic carbocycles. The van der Waals surface area contributed by atoms with Crippen LogP contribution in [0.1, 0.15) is 24.1 Å². The van der Waals surface area contributed by atoms with E-state index in [9.17, 15) is 0 Å². The minimum absolute atomic E-state index is 0.208. The van der Waals surface area contributed by atoms with Crippen LogP contribution < -0.4 is 0 Å². The fraction of sp³-hybridized carbons (Fsp3) is 0.0682. The molecule has 5 heteroatoms. The molecule has 9 aromatic rings. The van der Waals surface area contributed by atoms with Crippen molar-refractivity contribution in [3.8, 4) is 33.9 Å². The van der Waals surface area contributed by atoms with Crippen LogP contribution in [0, 0.1) is 5.92 Å². The standard InChI is InChI=1S/C44H29N3O2/c1-26-22-36-33-12-5-7-15-37(33)49-40(36)25-35(26)44-46-42(27-10-3-2-4-11-27)45-43(47-44)31-21-19-28-23-30(20-18-29(28)24-31)32-14-9-17-39-41(32)34-13-6-8-16-38(34)48-39/h2-21,23-26H,22H2,1H3. The molecule has 1 aliphatic rings. The molecule has 0 N–H and O–H groups in total. The first-order chi connectivity index (χ1) is 24.2. The summed E-state index contributed by atoms with van der Waals surface area (Å²) in [6, 6.07) is 46.0. The number of nitrogens with zero attached hydrogens (tertiary/aromatic N) is 3. The molecule has 0 amide bonds. The average molecular weight is 632 g/mol. The van der Waals surface area contributed by atoms with Gasteiger partial charge >= 0.3 is 0 Å². The molecule has 232 valence electrons. The second-order valence-corrected chi connectivity index (χ2v) is 12.9. The van der Waals surface area contributed by atoms with E-state index in [0.29, 0.717) is 17.5 Å². The summed E-state index contributed by atoms with van der Waals surface area (Å²) < 4.78 is 12.5. The van der Waals surface area contributed by atoms with Crippen molar-refractivity contribution in [1.29, 1.82) is 0 Å². The van der Waals surface area contributed by atoms with Crippen LogP contribution in [0.2, 0.25) is 0 Å². The number of hydrogen-bond donors (Lipinski definition) is 0. The molecule has 0 radical (unpaired) electrons. The predicted octanol–water partition coefficient (Wildman–Crippen LogP) is 11.4. The molecular weight excluding hydrogens is 603 g/mol. The minimum atomic E-state index is 0.208. The first kappa shape index (κ1) is 27.8. The molecule has 3 heterocycles. The van der Waals surface area contributed by atoms with Crippen LogP contribution in [0.4, 0.5) is 0 Å². The number of benzene rings is 6. The van der Waals surface area contributed by atoms with Crippen LogP contribution in [-0.4, -0.2) is 15.0 Å². The second-order valence-electron chi connectivity index (χ2n) is 12.9. The molecule has 0 fully saturated rings. The molecule has 1 aliphatic carbocycles. The Morgan fingerprint density at radius 2 is 1.16 bits per heavy atom. The first-order valence-electron chi connectivity index (χ1n) is 16.6. The molecule has 1 unspecified atom stereocenters. The van der Waals surface area contributed by atoms with Crippen molar-refractivity contribution >= 4 is 55.3 Å². The van der Waals surface area contributed by atoms with E-state index in [-0.39, 0.29) is 5.92 Å². The highest BCUT2D eigenvalue weighted by Gasteiger charge is 2.26. The van der Waals surface area contributed by atoms with Crippen molar-refractivity contribution in [3.05, 3.63) is 151 Å². The highest BCUT2D eigenvalue weighted by Crippen LogP contribution is 2.40. The van der Waals surface area contributed by atoms with Gasteiger partial charge in [0, 0.05) is 38.4 Å². The smallest absolute Gasteiger partial charge is 0.164 e. The van der Waals surface area contributed by atoms with Crippen molar-refractivity contribution in [2.45, 2.75) is 13.3 Å². The maximum Gasteiger partial charge on any atom is 0.164 e. The van der Waals surface area contributed by atoms with Crippen molar-refractivity contribution in [2.24, 2.45) is 5.92 Å². The van der Waals surface area contributed by atoms with Crippen molar-refractivity contribution in [3.63, 3.8) is 0 Å². The van der Waals surface area contributed by atoms with E-state index < -0.39 is 0 Å². The van der Waals surface area contributed by atoms with Crippen molar-refractivity contribution < 1.29 is 8.83 Å². The summed E-state index contributed by atoms with van der Waals surface area (Å²) in [5.74, 6) is 3.07. The number of furan rings is 2. The molecule has 0 spiro atoms. The fourth-order valence-corrected chi connectivity index (χ4v) is 7.35. The Hall–Kier alpha value is -6.33. The second kappa shape index (κ2) is 10.9. The predicted molar refractivity (Wildman–Crippen MR) is 198 cm³/mol. The van der Waals surface area contributed by atoms with E-state index in [4.69, 9.17) is 23.8 Å². The number of allylic oxidation sites excluding steroid dienone is 1. The van der Waals surface area contributed by atoms with Crippen LogP contribution in [0.3, 0.4) is 0 Å². The normalized spacial score (nSPS) is 14.5. The topological polar surface area (TPSA) is 65.0 Å². The Labute approximate surface area is 282 Å². The van der Waals surface area contributed by atoms with E-state index in [1.54, 1.807) is 0 Å². The highest BCUT2D eigenvalue weighted by molar-refractivity contribution is 6.13. The maximum atomic E-state index is 6.30. The zero-order valence-electron chi connectivity index (χ0n) is 26.7. The zero-order valence-corrected chi connectivity index (χ0v) is 26.7. The van der Waals surface area contributed by atoms with Gasteiger partial charge in [-0.3, -0.25) is 0 Å². The van der Waals surface area contributed by atoms with Gasteiger partial charge in [0.25, 0.3) is 0 Å². The largest absolute Gasteiger partial charge is 0.456 e. The Morgan fingerprint density at radius 1 is 0.531 bits per heavy atom. The van der Waals surface area contributed by atoms with Crippen molar-refractivity contribution in [2.75, 3.05) is 0 Å². The van der Waals surface area contributed by atoms with E-state index >= 15 is 0 Å². The molecule has 0 bridgehead atoms. The molecule has 49 heavy (non-hydrogen) atoms. The van der Waals surface area contributed by atoms with Gasteiger partial charge in [-0.25, -0.2) is 15.0 Å². The summed E-state index contributed by atoms with van der Waals surface area (Å²) >= 11 is 0. The SMILES string of the molecule is CC1Cc2c(oc3ccccc23)C=C1c1nc(-c2ccccc2)nc(-c2ccc3cc(-c4cccc5oc6ccccc6c45)ccc3c2)n1. The number of para-hydroxylation sites is 2. The lowest BCUT2D eigenvalue weighted by Crippen LogP contribution is -2.12. The first-order valence-corrected chi connectivity index (χ1v) is 16.6. The van der Waals surface area contributed by atoms with Crippen LogP contribution >= 0.6 is 0 Å². The molecule has 3 aromatic heterocycles. The molecular formula is C44H29N3O2. The number of rotatable bonds is 4. The van der Waals surface area contributed by atoms with Crippen molar-refractivity contribution in [1.82, 2.24) is 15.0 Å². The zero-order chi connectivity index (χ0) is 32.5. The Bertz CT molecular complexity index is 2770. The molecule has 0 aliphatic heterocycles. The van der Waals surface area contributed by atoms with Gasteiger partial charge in [-0.05, 0) is 70.6 Å². The third-order valence-electron chi connectivity index (χ3n) is 9.79. The Balaban J connectivity index is 1.09. The number of aromatic nitrogens is 3. The van der Waals surface area contributed by atoms with Crippen LogP contribution in [0.15, 0.2) is 142 Å². The van der Waals surface area contributed by atoms with Crippen LogP contribution in [0.5, 0.6) is 0 Å². The van der Waals surface area contributed by atoms with Gasteiger partial charge in [-0.1, -0.05) is 110 Å². The Kier molecular flexibility index (Phi) is 6.15. The molecule has 10 rings (SSSR count). The summed E-state index contributed by atoms with van der Waals surface area (Å²) in [5, 5.41) is 5.70. The fourth-order valence-electron chi connectivity index (χ4n) is 7.35. The molecule has 1 atom stereocenters. The summed E-state index contributed by atoms with van der Waals surface area (Å²) in [4.78, 5) is 15.2. The van der Waals surface area contributed by atoms with Gasteiger partial charge in [-0.2, -0.15) is 0 Å². The summed E-state index contributed by atoms with van der Waals surface area (Å²) in [7, 11) is 0. The van der Waals surface area contributed by atoms with Gasteiger partial charge in [0.15, 0.2) is 17.5 Å². The van der Waals surface area contributed by atoms with E-state index in [1.807, 2.05) is 60.7 Å². The van der Waals surface area contributed by atoms with Gasteiger partial charge < -0.3 is 8.83 Å².